The molecule has 0 fully saturated rings. The van der Waals surface area contributed by atoms with Gasteiger partial charge in [0.05, 0.1) is 5.69 Å². The van der Waals surface area contributed by atoms with Crippen LogP contribution >= 0.6 is 11.6 Å². The van der Waals surface area contributed by atoms with Crippen LogP contribution in [0.15, 0.2) is 48.5 Å². The zero-order valence-electron chi connectivity index (χ0n) is 14.8. The standard InChI is InChI=1S/C21H18ClN5/c1-13-18(16-7-2-3-8-19(16)25-13)12-24-21-17(11-23)20(26-27-21)10-14-5-4-6-15(22)9-14/h2-9,25H,10,12H2,1H3,(H2,24,26,27). The fourth-order valence-corrected chi connectivity index (χ4v) is 3.55. The Labute approximate surface area is 162 Å². The summed E-state index contributed by atoms with van der Waals surface area (Å²) in [5, 5.41) is 22.1. The van der Waals surface area contributed by atoms with Crippen molar-refractivity contribution < 1.29 is 0 Å². The molecule has 4 aromatic rings. The Balaban J connectivity index is 1.57. The van der Waals surface area contributed by atoms with Crippen LogP contribution in [0, 0.1) is 18.3 Å². The molecular formula is C21H18ClN5. The number of nitriles is 1. The number of aromatic nitrogens is 3. The maximum absolute atomic E-state index is 9.62. The Kier molecular flexibility index (Phi) is 4.57. The first-order chi connectivity index (χ1) is 13.2. The fraction of sp³-hybridized carbons (Fsp3) is 0.143. The molecule has 2 heterocycles. The summed E-state index contributed by atoms with van der Waals surface area (Å²) in [6.07, 6.45) is 0.574. The molecule has 2 aromatic heterocycles. The number of aromatic amines is 2. The third-order valence-electron chi connectivity index (χ3n) is 4.68. The second kappa shape index (κ2) is 7.18. The lowest BCUT2D eigenvalue weighted by Crippen LogP contribution is -2.02. The third-order valence-corrected chi connectivity index (χ3v) is 4.92. The lowest BCUT2D eigenvalue weighted by atomic mass is 10.1. The summed E-state index contributed by atoms with van der Waals surface area (Å²) in [5.74, 6) is 0.569. The largest absolute Gasteiger partial charge is 0.363 e. The second-order valence-corrected chi connectivity index (χ2v) is 6.91. The highest BCUT2D eigenvalue weighted by Gasteiger charge is 2.15. The lowest BCUT2D eigenvalue weighted by molar-refractivity contribution is 0.986. The number of hydrogen-bond donors (Lipinski definition) is 3. The van der Waals surface area contributed by atoms with Crippen molar-refractivity contribution in [3.05, 3.63) is 81.6 Å². The van der Waals surface area contributed by atoms with Crippen molar-refractivity contribution >= 4 is 28.3 Å². The summed E-state index contributed by atoms with van der Waals surface area (Å²) >= 11 is 6.05. The van der Waals surface area contributed by atoms with Crippen molar-refractivity contribution in [2.75, 3.05) is 5.32 Å². The Morgan fingerprint density at radius 1 is 1.19 bits per heavy atom. The maximum Gasteiger partial charge on any atom is 0.166 e. The number of hydrogen-bond acceptors (Lipinski definition) is 3. The molecule has 0 aliphatic rings. The fourth-order valence-electron chi connectivity index (χ4n) is 3.34. The minimum Gasteiger partial charge on any atom is -0.363 e. The lowest BCUT2D eigenvalue weighted by Gasteiger charge is -2.05. The highest BCUT2D eigenvalue weighted by molar-refractivity contribution is 6.30. The quantitative estimate of drug-likeness (QED) is 0.462. The van der Waals surface area contributed by atoms with E-state index in [1.54, 1.807) is 0 Å². The molecule has 0 aliphatic carbocycles. The van der Waals surface area contributed by atoms with Crippen LogP contribution in [-0.2, 0) is 13.0 Å². The molecule has 27 heavy (non-hydrogen) atoms. The molecule has 3 N–H and O–H groups in total. The molecule has 5 nitrogen and oxygen atoms in total. The zero-order chi connectivity index (χ0) is 18.8. The normalized spacial score (nSPS) is 10.9. The number of halogens is 1. The van der Waals surface area contributed by atoms with Gasteiger partial charge in [0.15, 0.2) is 5.82 Å². The number of rotatable bonds is 5. The van der Waals surface area contributed by atoms with E-state index >= 15 is 0 Å². The molecule has 134 valence electrons. The molecule has 0 radical (unpaired) electrons. The Morgan fingerprint density at radius 3 is 2.85 bits per heavy atom. The number of nitrogens with zero attached hydrogens (tertiary/aromatic N) is 2. The maximum atomic E-state index is 9.62. The molecule has 0 bridgehead atoms. The van der Waals surface area contributed by atoms with E-state index in [-0.39, 0.29) is 0 Å². The molecule has 0 unspecified atom stereocenters. The summed E-state index contributed by atoms with van der Waals surface area (Å²) in [5.41, 5.74) is 5.73. The number of H-pyrrole nitrogens is 2. The van der Waals surface area contributed by atoms with Gasteiger partial charge >= 0.3 is 0 Å². The van der Waals surface area contributed by atoms with E-state index < -0.39 is 0 Å². The minimum absolute atomic E-state index is 0.535. The van der Waals surface area contributed by atoms with Crippen LogP contribution in [-0.4, -0.2) is 15.2 Å². The highest BCUT2D eigenvalue weighted by Crippen LogP contribution is 2.25. The third kappa shape index (κ3) is 3.40. The van der Waals surface area contributed by atoms with Crippen molar-refractivity contribution in [2.24, 2.45) is 0 Å². The van der Waals surface area contributed by atoms with Crippen LogP contribution in [0.2, 0.25) is 5.02 Å². The van der Waals surface area contributed by atoms with Crippen LogP contribution in [0.1, 0.15) is 28.1 Å². The van der Waals surface area contributed by atoms with Gasteiger partial charge in [0.2, 0.25) is 0 Å². The van der Waals surface area contributed by atoms with Gasteiger partial charge in [-0.3, -0.25) is 5.10 Å². The summed E-state index contributed by atoms with van der Waals surface area (Å²) < 4.78 is 0. The first-order valence-electron chi connectivity index (χ1n) is 8.67. The average Bonchev–Trinajstić information content (AvgIpc) is 3.19. The number of fused-ring (bicyclic) bond motifs is 1. The number of para-hydroxylation sites is 1. The van der Waals surface area contributed by atoms with E-state index in [1.807, 2.05) is 36.4 Å². The van der Waals surface area contributed by atoms with Crippen LogP contribution in [0.5, 0.6) is 0 Å². The van der Waals surface area contributed by atoms with Crippen LogP contribution in [0.4, 0.5) is 5.82 Å². The van der Waals surface area contributed by atoms with Gasteiger partial charge in [-0.1, -0.05) is 41.9 Å². The number of aryl methyl sites for hydroxylation is 1. The smallest absolute Gasteiger partial charge is 0.166 e. The van der Waals surface area contributed by atoms with Gasteiger partial charge in [-0.2, -0.15) is 10.4 Å². The van der Waals surface area contributed by atoms with Crippen molar-refractivity contribution in [3.63, 3.8) is 0 Å². The van der Waals surface area contributed by atoms with E-state index in [0.29, 0.717) is 29.4 Å². The molecule has 0 aliphatic heterocycles. The van der Waals surface area contributed by atoms with Crippen LogP contribution < -0.4 is 5.32 Å². The topological polar surface area (TPSA) is 80.3 Å². The van der Waals surface area contributed by atoms with Gasteiger partial charge in [0.25, 0.3) is 0 Å². The molecule has 2 aromatic carbocycles. The Morgan fingerprint density at radius 2 is 2.04 bits per heavy atom. The predicted molar refractivity (Wildman–Crippen MR) is 108 cm³/mol. The van der Waals surface area contributed by atoms with E-state index in [0.717, 1.165) is 22.5 Å². The summed E-state index contributed by atoms with van der Waals surface area (Å²) in [6, 6.07) is 18.1. The van der Waals surface area contributed by atoms with Crippen LogP contribution in [0.3, 0.4) is 0 Å². The van der Waals surface area contributed by atoms with Crippen molar-refractivity contribution in [2.45, 2.75) is 19.9 Å². The molecule has 0 atom stereocenters. The number of nitrogens with one attached hydrogen (secondary N) is 3. The molecule has 0 saturated heterocycles. The SMILES string of the molecule is Cc1[nH]c2ccccc2c1CNc1n[nH]c(Cc2cccc(Cl)c2)c1C#N. The van der Waals surface area contributed by atoms with Gasteiger partial charge < -0.3 is 10.3 Å². The number of anilines is 1. The average molecular weight is 376 g/mol. The van der Waals surface area contributed by atoms with Crippen molar-refractivity contribution in [3.8, 4) is 6.07 Å². The number of benzene rings is 2. The summed E-state index contributed by atoms with van der Waals surface area (Å²) in [7, 11) is 0. The van der Waals surface area contributed by atoms with Gasteiger partial charge in [-0.15, -0.1) is 0 Å². The first-order valence-corrected chi connectivity index (χ1v) is 9.05. The van der Waals surface area contributed by atoms with E-state index in [4.69, 9.17) is 11.6 Å². The van der Waals surface area contributed by atoms with E-state index in [1.165, 1.54) is 10.9 Å². The van der Waals surface area contributed by atoms with Gasteiger partial charge in [-0.25, -0.2) is 0 Å². The van der Waals surface area contributed by atoms with E-state index in [9.17, 15) is 5.26 Å². The second-order valence-electron chi connectivity index (χ2n) is 6.47. The molecular weight excluding hydrogens is 358 g/mol. The van der Waals surface area contributed by atoms with Gasteiger partial charge in [0, 0.05) is 34.6 Å². The Hall–Kier alpha value is -3.23. The van der Waals surface area contributed by atoms with Crippen molar-refractivity contribution in [1.82, 2.24) is 15.2 Å². The monoisotopic (exact) mass is 375 g/mol. The zero-order valence-corrected chi connectivity index (χ0v) is 15.6. The van der Waals surface area contributed by atoms with Gasteiger partial charge in [0.1, 0.15) is 11.6 Å². The summed E-state index contributed by atoms with van der Waals surface area (Å²) in [6.45, 7) is 2.64. The predicted octanol–water partition coefficient (Wildman–Crippen LogP) is 4.93. The van der Waals surface area contributed by atoms with Crippen LogP contribution in [0.25, 0.3) is 10.9 Å². The van der Waals surface area contributed by atoms with E-state index in [2.05, 4.69) is 45.6 Å². The van der Waals surface area contributed by atoms with Gasteiger partial charge in [-0.05, 0) is 36.2 Å². The molecule has 0 amide bonds. The summed E-state index contributed by atoms with van der Waals surface area (Å²) in [4.78, 5) is 3.39. The molecule has 6 heteroatoms. The molecule has 0 saturated carbocycles. The molecule has 4 rings (SSSR count). The first kappa shape index (κ1) is 17.2. The Bertz CT molecular complexity index is 1150. The highest BCUT2D eigenvalue weighted by atomic mass is 35.5. The minimum atomic E-state index is 0.535. The van der Waals surface area contributed by atoms with Crippen molar-refractivity contribution in [1.29, 1.82) is 5.26 Å². The molecule has 0 spiro atoms.